The van der Waals surface area contributed by atoms with Crippen LogP contribution < -0.4 is 0 Å². The van der Waals surface area contributed by atoms with E-state index in [1.165, 1.54) is 0 Å². The van der Waals surface area contributed by atoms with Crippen LogP contribution in [-0.2, 0) is 59.6 Å². The van der Waals surface area contributed by atoms with E-state index in [-0.39, 0.29) is 39.6 Å². The second-order valence-corrected chi connectivity index (χ2v) is 12.7. The number of ether oxygens (including phenoxy) is 7. The molecule has 10 atom stereocenters. The van der Waals surface area contributed by atoms with Crippen LogP contribution >= 0.6 is 0 Å². The van der Waals surface area contributed by atoms with Crippen molar-refractivity contribution in [2.24, 2.45) is 0 Å². The van der Waals surface area contributed by atoms with Gasteiger partial charge in [-0.2, -0.15) is 0 Å². The summed E-state index contributed by atoms with van der Waals surface area (Å²) in [6, 6.07) is 38.1. The van der Waals surface area contributed by atoms with Crippen LogP contribution in [0.5, 0.6) is 0 Å². The van der Waals surface area contributed by atoms with E-state index >= 15 is 0 Å². The Balaban J connectivity index is 1.19. The topological polar surface area (TPSA) is 146 Å². The van der Waals surface area contributed by atoms with Gasteiger partial charge in [0.2, 0.25) is 0 Å². The van der Waals surface area contributed by atoms with Crippen LogP contribution in [-0.4, -0.2) is 95.1 Å². The van der Waals surface area contributed by atoms with E-state index in [4.69, 9.17) is 33.2 Å². The Labute approximate surface area is 297 Å². The van der Waals surface area contributed by atoms with Gasteiger partial charge in [0.05, 0.1) is 39.6 Å². The normalized spacial score (nSPS) is 29.5. The van der Waals surface area contributed by atoms with Gasteiger partial charge in [0.25, 0.3) is 0 Å². The molecule has 2 aliphatic rings. The minimum Gasteiger partial charge on any atom is -0.387 e. The van der Waals surface area contributed by atoms with Crippen molar-refractivity contribution in [2.45, 2.75) is 87.8 Å². The first kappa shape index (κ1) is 37.2. The Kier molecular flexibility index (Phi) is 13.7. The van der Waals surface area contributed by atoms with Crippen LogP contribution in [0.4, 0.5) is 0 Å². The molecule has 51 heavy (non-hydrogen) atoms. The number of aliphatic hydroxyl groups is 4. The summed E-state index contributed by atoms with van der Waals surface area (Å²) in [6.07, 6.45) is -12.7. The number of hydrogen-bond donors (Lipinski definition) is 4. The van der Waals surface area contributed by atoms with Gasteiger partial charge in [-0.15, -0.1) is 0 Å². The summed E-state index contributed by atoms with van der Waals surface area (Å²) < 4.78 is 42.8. The average molecular weight is 703 g/mol. The molecule has 2 aliphatic heterocycles. The van der Waals surface area contributed by atoms with E-state index in [0.717, 1.165) is 22.3 Å². The lowest BCUT2D eigenvalue weighted by molar-refractivity contribution is -0.363. The highest BCUT2D eigenvalue weighted by molar-refractivity contribution is 5.16. The third-order valence-corrected chi connectivity index (χ3v) is 8.92. The van der Waals surface area contributed by atoms with Crippen molar-refractivity contribution < 1.29 is 53.6 Å². The van der Waals surface area contributed by atoms with Crippen LogP contribution in [0.2, 0.25) is 0 Å². The first-order valence-electron chi connectivity index (χ1n) is 17.2. The summed E-state index contributed by atoms with van der Waals surface area (Å²) in [5.74, 6) is 0. The van der Waals surface area contributed by atoms with Crippen molar-refractivity contribution >= 4 is 0 Å². The molecule has 2 heterocycles. The molecule has 0 radical (unpaired) electrons. The van der Waals surface area contributed by atoms with E-state index in [9.17, 15) is 20.4 Å². The van der Waals surface area contributed by atoms with Crippen molar-refractivity contribution in [1.82, 2.24) is 0 Å². The number of benzene rings is 4. The zero-order chi connectivity index (χ0) is 35.4. The molecule has 2 saturated heterocycles. The Morgan fingerprint density at radius 3 is 1.31 bits per heavy atom. The third-order valence-electron chi connectivity index (χ3n) is 8.92. The monoisotopic (exact) mass is 702 g/mol. The predicted octanol–water partition coefficient (Wildman–Crippen LogP) is 3.50. The summed E-state index contributed by atoms with van der Waals surface area (Å²) >= 11 is 0. The highest BCUT2D eigenvalue weighted by Gasteiger charge is 2.52. The maximum atomic E-state index is 11.4. The molecule has 0 aromatic heterocycles. The molecule has 4 aromatic carbocycles. The fraction of sp³-hybridized carbons (Fsp3) is 0.400. The Hall–Kier alpha value is -3.56. The van der Waals surface area contributed by atoms with Crippen molar-refractivity contribution in [3.63, 3.8) is 0 Å². The minimum absolute atomic E-state index is 0.0000437. The van der Waals surface area contributed by atoms with Gasteiger partial charge in [0.15, 0.2) is 12.6 Å². The van der Waals surface area contributed by atoms with Crippen LogP contribution in [0, 0.1) is 0 Å². The lowest BCUT2D eigenvalue weighted by Crippen LogP contribution is -2.65. The second-order valence-electron chi connectivity index (χ2n) is 12.7. The minimum atomic E-state index is -1.66. The number of aliphatic hydroxyl groups excluding tert-OH is 4. The van der Waals surface area contributed by atoms with Gasteiger partial charge in [-0.3, -0.25) is 0 Å². The van der Waals surface area contributed by atoms with Crippen molar-refractivity contribution in [2.75, 3.05) is 13.2 Å². The van der Waals surface area contributed by atoms with Crippen molar-refractivity contribution in [3.8, 4) is 0 Å². The highest BCUT2D eigenvalue weighted by atomic mass is 16.7. The molecule has 0 bridgehead atoms. The van der Waals surface area contributed by atoms with E-state index in [1.807, 2.05) is 121 Å². The summed E-state index contributed by atoms with van der Waals surface area (Å²) in [7, 11) is 0. The fourth-order valence-electron chi connectivity index (χ4n) is 6.18. The Morgan fingerprint density at radius 1 is 0.431 bits per heavy atom. The lowest BCUT2D eigenvalue weighted by Gasteiger charge is -2.47. The van der Waals surface area contributed by atoms with Gasteiger partial charge < -0.3 is 53.6 Å². The second kappa shape index (κ2) is 18.8. The van der Waals surface area contributed by atoms with Gasteiger partial charge in [0.1, 0.15) is 48.8 Å². The average Bonchev–Trinajstić information content (AvgIpc) is 3.16. The summed E-state index contributed by atoms with van der Waals surface area (Å²) in [4.78, 5) is 0. The molecular formula is C40H46O11. The first-order chi connectivity index (χ1) is 25.0. The molecular weight excluding hydrogens is 656 g/mol. The van der Waals surface area contributed by atoms with Crippen molar-refractivity contribution in [1.29, 1.82) is 0 Å². The maximum absolute atomic E-state index is 11.4. The largest absolute Gasteiger partial charge is 0.387 e. The van der Waals surface area contributed by atoms with Crippen molar-refractivity contribution in [3.05, 3.63) is 144 Å². The maximum Gasteiger partial charge on any atom is 0.187 e. The van der Waals surface area contributed by atoms with Gasteiger partial charge >= 0.3 is 0 Å². The SMILES string of the molecule is OC1[C@H](O[C@@H]2C(O)[C@H](O)OC(COCc3ccccc3)[C@H]2OCc2ccccc2)OC(COCc2ccccc2)[C@@H](OCc2ccccc2)[C@@H]1O. The number of hydrogen-bond acceptors (Lipinski definition) is 11. The lowest BCUT2D eigenvalue weighted by atomic mass is 9.96. The molecule has 11 heteroatoms. The molecule has 0 saturated carbocycles. The van der Waals surface area contributed by atoms with Gasteiger partial charge in [0, 0.05) is 0 Å². The zero-order valence-electron chi connectivity index (χ0n) is 28.2. The molecule has 0 aliphatic carbocycles. The van der Waals surface area contributed by atoms with Crippen LogP contribution in [0.15, 0.2) is 121 Å². The number of rotatable bonds is 16. The smallest absolute Gasteiger partial charge is 0.187 e. The molecule has 4 aromatic rings. The zero-order valence-corrected chi connectivity index (χ0v) is 28.2. The molecule has 0 amide bonds. The molecule has 4 N–H and O–H groups in total. The molecule has 11 nitrogen and oxygen atoms in total. The first-order valence-corrected chi connectivity index (χ1v) is 17.2. The summed E-state index contributed by atoms with van der Waals surface area (Å²) in [5, 5.41) is 44.9. The van der Waals surface area contributed by atoms with Crippen LogP contribution in [0.1, 0.15) is 22.3 Å². The van der Waals surface area contributed by atoms with Crippen LogP contribution in [0.25, 0.3) is 0 Å². The van der Waals surface area contributed by atoms with Crippen LogP contribution in [0.3, 0.4) is 0 Å². The molecule has 2 fully saturated rings. The summed E-state index contributed by atoms with van der Waals surface area (Å²) in [6.45, 7) is 0.850. The highest BCUT2D eigenvalue weighted by Crippen LogP contribution is 2.32. The van der Waals surface area contributed by atoms with E-state index in [1.54, 1.807) is 0 Å². The quantitative estimate of drug-likeness (QED) is 0.136. The molecule has 0 spiro atoms. The van der Waals surface area contributed by atoms with Gasteiger partial charge in [-0.25, -0.2) is 0 Å². The van der Waals surface area contributed by atoms with E-state index in [2.05, 4.69) is 0 Å². The van der Waals surface area contributed by atoms with E-state index in [0.29, 0.717) is 0 Å². The Morgan fingerprint density at radius 2 is 0.843 bits per heavy atom. The fourth-order valence-corrected chi connectivity index (χ4v) is 6.18. The summed E-state index contributed by atoms with van der Waals surface area (Å²) in [5.41, 5.74) is 3.63. The Bertz CT molecular complexity index is 1550. The standard InChI is InChI=1S/C40H46O11/c41-33-34(42)40(50-31(25-45-21-27-13-5-1-6-14-27)36(33)47-23-29-17-9-3-10-18-29)51-38-35(43)39(44)49-32(26-46-22-28-15-7-2-8-16-28)37(38)48-24-30-19-11-4-12-20-30/h1-20,31-44H,21-26H2/t31?,32?,33-,34?,35?,36-,37-,38-,39-,40+/m1/s1. The third kappa shape index (κ3) is 10.3. The molecule has 272 valence electrons. The predicted molar refractivity (Wildman–Crippen MR) is 185 cm³/mol. The van der Waals surface area contributed by atoms with Gasteiger partial charge in [-0.05, 0) is 22.3 Å². The van der Waals surface area contributed by atoms with E-state index < -0.39 is 61.4 Å². The van der Waals surface area contributed by atoms with Gasteiger partial charge in [-0.1, -0.05) is 121 Å². The molecule has 6 rings (SSSR count). The molecule has 4 unspecified atom stereocenters.